The summed E-state index contributed by atoms with van der Waals surface area (Å²) in [5.41, 5.74) is 4.16. The van der Waals surface area contributed by atoms with Crippen molar-refractivity contribution in [1.29, 1.82) is 0 Å². The van der Waals surface area contributed by atoms with Gasteiger partial charge in [0.15, 0.2) is 0 Å². The number of aliphatic hydroxyl groups is 1. The van der Waals surface area contributed by atoms with Crippen molar-refractivity contribution >= 4 is 11.3 Å². The summed E-state index contributed by atoms with van der Waals surface area (Å²) in [6.45, 7) is 15.9. The van der Waals surface area contributed by atoms with Gasteiger partial charge in [-0.1, -0.05) is 49.4 Å². The SMILES string of the molecule is C/C=C(\C=C/C(C)OCC)C(O)c1ccc(-c2ccsc2)cc1.C=C.CCCNC. The average molecular weight is 430 g/mol. The summed E-state index contributed by atoms with van der Waals surface area (Å²) in [6, 6.07) is 10.2. The van der Waals surface area contributed by atoms with Crippen molar-refractivity contribution in [3.8, 4) is 11.1 Å². The molecule has 0 aliphatic rings. The molecule has 0 aliphatic carbocycles. The molecule has 0 radical (unpaired) electrons. The van der Waals surface area contributed by atoms with Gasteiger partial charge < -0.3 is 15.2 Å². The zero-order valence-electron chi connectivity index (χ0n) is 19.2. The highest BCUT2D eigenvalue weighted by atomic mass is 32.1. The summed E-state index contributed by atoms with van der Waals surface area (Å²) in [7, 11) is 1.96. The van der Waals surface area contributed by atoms with Crippen LogP contribution in [0.1, 0.15) is 45.8 Å². The maximum Gasteiger partial charge on any atom is 0.104 e. The highest BCUT2D eigenvalue weighted by molar-refractivity contribution is 7.08. The molecule has 0 saturated carbocycles. The first-order chi connectivity index (χ1) is 14.6. The Bertz CT molecular complexity index is 703. The smallest absolute Gasteiger partial charge is 0.104 e. The van der Waals surface area contributed by atoms with Crippen molar-refractivity contribution in [2.24, 2.45) is 0 Å². The van der Waals surface area contributed by atoms with Crippen molar-refractivity contribution in [2.75, 3.05) is 20.2 Å². The highest BCUT2D eigenvalue weighted by Crippen LogP contribution is 2.27. The van der Waals surface area contributed by atoms with Gasteiger partial charge in [-0.05, 0) is 79.9 Å². The lowest BCUT2D eigenvalue weighted by atomic mass is 9.98. The van der Waals surface area contributed by atoms with Crippen molar-refractivity contribution in [3.63, 3.8) is 0 Å². The Labute approximate surface area is 187 Å². The molecule has 4 heteroatoms. The van der Waals surface area contributed by atoms with Gasteiger partial charge in [0.25, 0.3) is 0 Å². The molecule has 3 nitrogen and oxygen atoms in total. The van der Waals surface area contributed by atoms with Crippen LogP contribution in [-0.2, 0) is 4.74 Å². The Morgan fingerprint density at radius 1 is 1.17 bits per heavy atom. The number of ether oxygens (including phenoxy) is 1. The first-order valence-corrected chi connectivity index (χ1v) is 11.4. The fourth-order valence-corrected chi connectivity index (χ4v) is 3.30. The number of hydrogen-bond donors (Lipinski definition) is 2. The Balaban J connectivity index is 0.00000105. The number of nitrogens with one attached hydrogen (secondary N) is 1. The molecule has 0 saturated heterocycles. The standard InChI is InChI=1S/C20H24O2S.C4H11N.C2H4/c1-4-16(7-6-15(3)22-5-2)20(21)18-10-8-17(9-11-18)19-12-13-23-14-19;1-3-4-5-2;1-2/h4,6-15,20-21H,5H2,1-3H3;5H,3-4H2,1-2H3;1-2H2/b7-6-,16-4+;;. The molecule has 2 N–H and O–H groups in total. The zero-order valence-corrected chi connectivity index (χ0v) is 20.0. The van der Waals surface area contributed by atoms with Crippen LogP contribution < -0.4 is 5.32 Å². The van der Waals surface area contributed by atoms with E-state index in [0.29, 0.717) is 6.61 Å². The molecule has 0 amide bonds. The lowest BCUT2D eigenvalue weighted by molar-refractivity contribution is 0.109. The third-order valence-corrected chi connectivity index (χ3v) is 4.90. The van der Waals surface area contributed by atoms with Crippen molar-refractivity contribution in [3.05, 3.63) is 83.6 Å². The Hall–Kier alpha value is -1.98. The minimum absolute atomic E-state index is 0.0446. The number of allylic oxidation sites excluding steroid dienone is 1. The fraction of sp³-hybridized carbons (Fsp3) is 0.385. The topological polar surface area (TPSA) is 41.5 Å². The molecule has 1 heterocycles. The van der Waals surface area contributed by atoms with Crippen LogP contribution in [-0.4, -0.2) is 31.4 Å². The largest absolute Gasteiger partial charge is 0.384 e. The van der Waals surface area contributed by atoms with Gasteiger partial charge in [-0.25, -0.2) is 0 Å². The normalized spacial score (nSPS) is 13.1. The molecule has 0 aliphatic heterocycles. The summed E-state index contributed by atoms with van der Waals surface area (Å²) in [5.74, 6) is 0. The molecular formula is C26H39NO2S. The summed E-state index contributed by atoms with van der Waals surface area (Å²) in [6.07, 6.45) is 6.51. The van der Waals surface area contributed by atoms with Crippen molar-refractivity contribution < 1.29 is 9.84 Å². The van der Waals surface area contributed by atoms with Crippen LogP contribution >= 0.6 is 11.3 Å². The fourth-order valence-electron chi connectivity index (χ4n) is 2.64. The molecule has 2 aromatic rings. The first kappa shape index (κ1) is 28.0. The Morgan fingerprint density at radius 2 is 1.83 bits per heavy atom. The summed E-state index contributed by atoms with van der Waals surface area (Å²) in [5, 5.41) is 17.8. The van der Waals surface area contributed by atoms with E-state index in [0.717, 1.165) is 17.7 Å². The molecule has 0 fully saturated rings. The summed E-state index contributed by atoms with van der Waals surface area (Å²) in [4.78, 5) is 0. The molecule has 2 rings (SSSR count). The van der Waals surface area contributed by atoms with E-state index in [4.69, 9.17) is 4.74 Å². The van der Waals surface area contributed by atoms with Gasteiger partial charge in [0.05, 0.1) is 6.10 Å². The van der Waals surface area contributed by atoms with E-state index >= 15 is 0 Å². The van der Waals surface area contributed by atoms with E-state index in [1.807, 2.05) is 58.2 Å². The second-order valence-electron chi connectivity index (χ2n) is 6.45. The molecular weight excluding hydrogens is 390 g/mol. The predicted molar refractivity (Wildman–Crippen MR) is 134 cm³/mol. The van der Waals surface area contributed by atoms with E-state index in [-0.39, 0.29) is 6.10 Å². The van der Waals surface area contributed by atoms with E-state index < -0.39 is 6.10 Å². The van der Waals surface area contributed by atoms with Gasteiger partial charge >= 0.3 is 0 Å². The quantitative estimate of drug-likeness (QED) is 0.340. The van der Waals surface area contributed by atoms with Gasteiger partial charge in [-0.3, -0.25) is 0 Å². The van der Waals surface area contributed by atoms with Gasteiger partial charge in [0.1, 0.15) is 6.10 Å². The number of rotatable bonds is 9. The molecule has 30 heavy (non-hydrogen) atoms. The number of benzene rings is 1. The van der Waals surface area contributed by atoms with Crippen molar-refractivity contribution in [1.82, 2.24) is 5.32 Å². The minimum atomic E-state index is -0.624. The van der Waals surface area contributed by atoms with Gasteiger partial charge in [0, 0.05) is 6.61 Å². The second kappa shape index (κ2) is 17.8. The number of aliphatic hydroxyl groups excluding tert-OH is 1. The number of thiophene rings is 1. The molecule has 2 unspecified atom stereocenters. The Kier molecular flexibility index (Phi) is 16.7. The molecule has 166 valence electrons. The van der Waals surface area contributed by atoms with Crippen LogP contribution in [0.2, 0.25) is 0 Å². The van der Waals surface area contributed by atoms with Crippen LogP contribution in [0.3, 0.4) is 0 Å². The van der Waals surface area contributed by atoms with E-state index in [2.05, 4.69) is 54.4 Å². The average Bonchev–Trinajstić information content (AvgIpc) is 3.32. The molecule has 2 atom stereocenters. The number of hydrogen-bond acceptors (Lipinski definition) is 4. The lowest BCUT2D eigenvalue weighted by Crippen LogP contribution is -2.05. The predicted octanol–water partition coefficient (Wildman–Crippen LogP) is 6.79. The summed E-state index contributed by atoms with van der Waals surface area (Å²) >= 11 is 1.69. The molecule has 0 spiro atoms. The second-order valence-corrected chi connectivity index (χ2v) is 7.23. The van der Waals surface area contributed by atoms with E-state index in [9.17, 15) is 5.11 Å². The lowest BCUT2D eigenvalue weighted by Gasteiger charge is -2.14. The van der Waals surface area contributed by atoms with Crippen LogP contribution in [0.5, 0.6) is 0 Å². The zero-order chi connectivity index (χ0) is 22.8. The van der Waals surface area contributed by atoms with Crippen LogP contribution in [0, 0.1) is 0 Å². The van der Waals surface area contributed by atoms with Gasteiger partial charge in [0.2, 0.25) is 0 Å². The van der Waals surface area contributed by atoms with Crippen LogP contribution in [0.4, 0.5) is 0 Å². The van der Waals surface area contributed by atoms with Crippen LogP contribution in [0.25, 0.3) is 11.1 Å². The molecule has 1 aromatic carbocycles. The molecule has 0 bridgehead atoms. The maximum absolute atomic E-state index is 10.6. The monoisotopic (exact) mass is 429 g/mol. The van der Waals surface area contributed by atoms with Crippen molar-refractivity contribution in [2.45, 2.75) is 46.3 Å². The summed E-state index contributed by atoms with van der Waals surface area (Å²) < 4.78 is 5.48. The third kappa shape index (κ3) is 10.7. The molecule has 1 aromatic heterocycles. The minimum Gasteiger partial charge on any atom is -0.384 e. The van der Waals surface area contributed by atoms with Gasteiger partial charge in [-0.15, -0.1) is 13.2 Å². The maximum atomic E-state index is 10.6. The first-order valence-electron chi connectivity index (χ1n) is 10.5. The third-order valence-electron chi connectivity index (χ3n) is 4.22. The van der Waals surface area contributed by atoms with Gasteiger partial charge in [-0.2, -0.15) is 11.3 Å². The Morgan fingerprint density at radius 3 is 2.27 bits per heavy atom. The van der Waals surface area contributed by atoms with E-state index in [1.54, 1.807) is 11.3 Å². The van der Waals surface area contributed by atoms with Crippen LogP contribution in [0.15, 0.2) is 78.1 Å². The highest BCUT2D eigenvalue weighted by Gasteiger charge is 2.11. The van der Waals surface area contributed by atoms with E-state index in [1.165, 1.54) is 17.5 Å².